The molecule has 1 atom stereocenters. The molecule has 0 N–H and O–H groups in total. The monoisotopic (exact) mass is 396 g/mol. The first-order valence-corrected chi connectivity index (χ1v) is 8.62. The van der Waals surface area contributed by atoms with Crippen LogP contribution in [0.5, 0.6) is 11.5 Å². The minimum absolute atomic E-state index is 0.0769. The Balaban J connectivity index is 2.02. The highest BCUT2D eigenvalue weighted by Crippen LogP contribution is 2.26. The van der Waals surface area contributed by atoms with Gasteiger partial charge in [0.05, 0.1) is 6.61 Å². The lowest BCUT2D eigenvalue weighted by Crippen LogP contribution is -2.25. The first-order chi connectivity index (χ1) is 13.2. The standard InChI is InChI=1S/C20H23F3N2O3/c1-24(2)16(11-12-27-17-10-9-15(21)18(22)19(17)23)13-5-7-14(8-6-13)28-20(26)25(3)4/h5-10,16H,11-12H2,1-4H3. The summed E-state index contributed by atoms with van der Waals surface area (Å²) in [7, 11) is 6.94. The number of benzene rings is 2. The van der Waals surface area contributed by atoms with Gasteiger partial charge in [-0.05, 0) is 43.9 Å². The first-order valence-electron chi connectivity index (χ1n) is 8.62. The zero-order valence-corrected chi connectivity index (χ0v) is 16.2. The van der Waals surface area contributed by atoms with Gasteiger partial charge in [-0.2, -0.15) is 4.39 Å². The lowest BCUT2D eigenvalue weighted by Gasteiger charge is -2.25. The predicted octanol–water partition coefficient (Wildman–Crippen LogP) is 4.24. The van der Waals surface area contributed by atoms with E-state index in [2.05, 4.69) is 0 Å². The molecule has 0 aliphatic heterocycles. The van der Waals surface area contributed by atoms with Crippen LogP contribution in [0.25, 0.3) is 0 Å². The summed E-state index contributed by atoms with van der Waals surface area (Å²) in [4.78, 5) is 14.9. The Bertz CT molecular complexity index is 811. The fourth-order valence-corrected chi connectivity index (χ4v) is 2.57. The number of rotatable bonds is 7. The normalized spacial score (nSPS) is 12.0. The number of amides is 1. The third kappa shape index (κ3) is 5.39. The van der Waals surface area contributed by atoms with Crippen LogP contribution in [0.2, 0.25) is 0 Å². The maximum Gasteiger partial charge on any atom is 0.414 e. The Morgan fingerprint density at radius 2 is 1.61 bits per heavy atom. The van der Waals surface area contributed by atoms with Crippen LogP contribution >= 0.6 is 0 Å². The third-order valence-electron chi connectivity index (χ3n) is 4.11. The molecule has 2 rings (SSSR count). The van der Waals surface area contributed by atoms with Crippen LogP contribution in [-0.2, 0) is 0 Å². The summed E-state index contributed by atoms with van der Waals surface area (Å²) in [5.74, 6) is -4.06. The van der Waals surface area contributed by atoms with E-state index in [1.165, 1.54) is 4.90 Å². The van der Waals surface area contributed by atoms with E-state index in [1.54, 1.807) is 26.2 Å². The molecular formula is C20H23F3N2O3. The summed E-state index contributed by atoms with van der Waals surface area (Å²) in [5, 5.41) is 0. The van der Waals surface area contributed by atoms with E-state index in [1.807, 2.05) is 31.1 Å². The van der Waals surface area contributed by atoms with Gasteiger partial charge in [0.15, 0.2) is 17.4 Å². The summed E-state index contributed by atoms with van der Waals surface area (Å²) < 4.78 is 50.4. The van der Waals surface area contributed by atoms with Crippen molar-refractivity contribution in [3.05, 3.63) is 59.4 Å². The average molecular weight is 396 g/mol. The van der Waals surface area contributed by atoms with Gasteiger partial charge >= 0.3 is 6.09 Å². The SMILES string of the molecule is CN(C)C(=O)Oc1ccc(C(CCOc2ccc(F)c(F)c2F)N(C)C)cc1. The minimum atomic E-state index is -1.55. The summed E-state index contributed by atoms with van der Waals surface area (Å²) in [5.41, 5.74) is 0.934. The molecule has 0 heterocycles. The molecule has 1 unspecified atom stereocenters. The van der Waals surface area contributed by atoms with Crippen LogP contribution in [0, 0.1) is 17.5 Å². The smallest absolute Gasteiger partial charge is 0.414 e. The zero-order valence-electron chi connectivity index (χ0n) is 16.2. The number of halogens is 3. The Hall–Kier alpha value is -2.74. The summed E-state index contributed by atoms with van der Waals surface area (Å²) in [6, 6.07) is 8.82. The van der Waals surface area contributed by atoms with Gasteiger partial charge in [0.2, 0.25) is 5.82 Å². The first kappa shape index (κ1) is 21.6. The van der Waals surface area contributed by atoms with E-state index < -0.39 is 23.5 Å². The minimum Gasteiger partial charge on any atom is -0.490 e. The van der Waals surface area contributed by atoms with Crippen molar-refractivity contribution in [3.8, 4) is 11.5 Å². The molecule has 0 fully saturated rings. The topological polar surface area (TPSA) is 42.0 Å². The van der Waals surface area contributed by atoms with E-state index in [0.717, 1.165) is 17.7 Å². The molecule has 0 spiro atoms. The van der Waals surface area contributed by atoms with Crippen molar-refractivity contribution >= 4 is 6.09 Å². The maximum atomic E-state index is 13.7. The second-order valence-electron chi connectivity index (χ2n) is 6.62. The molecule has 0 aliphatic carbocycles. The van der Waals surface area contributed by atoms with Crippen LogP contribution in [0.4, 0.5) is 18.0 Å². The van der Waals surface area contributed by atoms with Gasteiger partial charge in [-0.3, -0.25) is 0 Å². The molecule has 2 aromatic rings. The second-order valence-corrected chi connectivity index (χ2v) is 6.62. The quantitative estimate of drug-likeness (QED) is 0.657. The molecule has 5 nitrogen and oxygen atoms in total. The molecule has 1 amide bonds. The van der Waals surface area contributed by atoms with Crippen molar-refractivity contribution in [2.24, 2.45) is 0 Å². The molecule has 0 saturated carbocycles. The Kier molecular flexibility index (Phi) is 7.28. The lowest BCUT2D eigenvalue weighted by atomic mass is 10.0. The van der Waals surface area contributed by atoms with Gasteiger partial charge in [0.1, 0.15) is 5.75 Å². The van der Waals surface area contributed by atoms with Gasteiger partial charge in [-0.1, -0.05) is 12.1 Å². The van der Waals surface area contributed by atoms with E-state index in [9.17, 15) is 18.0 Å². The predicted molar refractivity (Wildman–Crippen MR) is 99.0 cm³/mol. The van der Waals surface area contributed by atoms with E-state index >= 15 is 0 Å². The van der Waals surface area contributed by atoms with Gasteiger partial charge < -0.3 is 19.3 Å². The fourth-order valence-electron chi connectivity index (χ4n) is 2.57. The number of hydrogen-bond donors (Lipinski definition) is 0. The van der Waals surface area contributed by atoms with Crippen molar-refractivity contribution in [2.45, 2.75) is 12.5 Å². The van der Waals surface area contributed by atoms with E-state index in [-0.39, 0.29) is 18.4 Å². The average Bonchev–Trinajstić information content (AvgIpc) is 2.65. The second kappa shape index (κ2) is 9.45. The fraction of sp³-hybridized carbons (Fsp3) is 0.350. The summed E-state index contributed by atoms with van der Waals surface area (Å²) in [6.45, 7) is 0.0994. The number of carbonyl (C=O) groups excluding carboxylic acids is 1. The molecule has 28 heavy (non-hydrogen) atoms. The van der Waals surface area contributed by atoms with Gasteiger partial charge in [-0.15, -0.1) is 0 Å². The summed E-state index contributed by atoms with van der Waals surface area (Å²) in [6.07, 6.45) is 0.00120. The van der Waals surface area contributed by atoms with Crippen LogP contribution in [0.1, 0.15) is 18.0 Å². The lowest BCUT2D eigenvalue weighted by molar-refractivity contribution is 0.172. The van der Waals surface area contributed by atoms with Gasteiger partial charge in [-0.25, -0.2) is 13.6 Å². The van der Waals surface area contributed by atoms with Crippen molar-refractivity contribution in [1.29, 1.82) is 0 Å². The molecule has 0 radical (unpaired) electrons. The maximum absolute atomic E-state index is 13.7. The third-order valence-corrected chi connectivity index (χ3v) is 4.11. The highest BCUT2D eigenvalue weighted by atomic mass is 19.2. The Morgan fingerprint density at radius 3 is 2.18 bits per heavy atom. The molecule has 8 heteroatoms. The molecule has 0 aromatic heterocycles. The molecular weight excluding hydrogens is 373 g/mol. The van der Waals surface area contributed by atoms with Crippen LogP contribution < -0.4 is 9.47 Å². The number of carbonyl (C=O) groups is 1. The number of nitrogens with zero attached hydrogens (tertiary/aromatic N) is 2. The highest BCUT2D eigenvalue weighted by molar-refractivity contribution is 5.69. The van der Waals surface area contributed by atoms with Crippen molar-refractivity contribution in [1.82, 2.24) is 9.80 Å². The number of hydrogen-bond acceptors (Lipinski definition) is 4. The van der Waals surface area contributed by atoms with Crippen molar-refractivity contribution in [2.75, 3.05) is 34.8 Å². The van der Waals surface area contributed by atoms with Gasteiger partial charge in [0.25, 0.3) is 0 Å². The Morgan fingerprint density at radius 1 is 0.964 bits per heavy atom. The van der Waals surface area contributed by atoms with E-state index in [4.69, 9.17) is 9.47 Å². The zero-order chi connectivity index (χ0) is 20.8. The van der Waals surface area contributed by atoms with Crippen LogP contribution in [0.3, 0.4) is 0 Å². The molecule has 2 aromatic carbocycles. The van der Waals surface area contributed by atoms with Crippen molar-refractivity contribution < 1.29 is 27.4 Å². The largest absolute Gasteiger partial charge is 0.490 e. The van der Waals surface area contributed by atoms with Crippen LogP contribution in [-0.4, -0.2) is 50.7 Å². The highest BCUT2D eigenvalue weighted by Gasteiger charge is 2.18. The number of ether oxygens (including phenoxy) is 2. The molecule has 152 valence electrons. The van der Waals surface area contributed by atoms with Gasteiger partial charge in [0, 0.05) is 26.6 Å². The summed E-state index contributed by atoms with van der Waals surface area (Å²) >= 11 is 0. The molecule has 0 saturated heterocycles. The van der Waals surface area contributed by atoms with Crippen molar-refractivity contribution in [3.63, 3.8) is 0 Å². The van der Waals surface area contributed by atoms with E-state index in [0.29, 0.717) is 12.2 Å². The Labute approximate surface area is 162 Å². The molecule has 0 aliphatic rings. The van der Waals surface area contributed by atoms with Crippen LogP contribution in [0.15, 0.2) is 36.4 Å². The molecule has 0 bridgehead atoms.